The van der Waals surface area contributed by atoms with Crippen LogP contribution in [0.2, 0.25) is 0 Å². The molecule has 0 bridgehead atoms. The van der Waals surface area contributed by atoms with E-state index in [1.54, 1.807) is 42.9 Å². The highest BCUT2D eigenvalue weighted by molar-refractivity contribution is 6.03. The molecule has 0 saturated carbocycles. The molecule has 0 spiro atoms. The lowest BCUT2D eigenvalue weighted by atomic mass is 10.2. The third-order valence-corrected chi connectivity index (χ3v) is 2.74. The van der Waals surface area contributed by atoms with Crippen LogP contribution in [0, 0.1) is 6.07 Å². The topological polar surface area (TPSA) is 70.7 Å². The minimum absolute atomic E-state index is 0.263. The van der Waals surface area contributed by atoms with E-state index in [2.05, 4.69) is 26.3 Å². The summed E-state index contributed by atoms with van der Waals surface area (Å²) in [5.74, 6) is 0.389. The zero-order valence-electron chi connectivity index (χ0n) is 10.5. The number of nitrogens with one attached hydrogen (secondary N) is 2. The summed E-state index contributed by atoms with van der Waals surface area (Å²) in [5.41, 5.74) is 1.93. The number of hydrogen-bond donors (Lipinski definition) is 2. The Hall–Kier alpha value is -2.95. The summed E-state index contributed by atoms with van der Waals surface area (Å²) in [4.78, 5) is 23.2. The third kappa shape index (κ3) is 2.56. The van der Waals surface area contributed by atoms with Gasteiger partial charge in [0, 0.05) is 29.8 Å². The Labute approximate surface area is 115 Å². The molecule has 2 aromatic heterocycles. The van der Waals surface area contributed by atoms with E-state index in [-0.39, 0.29) is 5.91 Å². The number of carbonyl (C=O) groups is 1. The Morgan fingerprint density at radius 2 is 1.90 bits per heavy atom. The molecule has 0 saturated heterocycles. The van der Waals surface area contributed by atoms with Crippen molar-refractivity contribution in [2.75, 3.05) is 5.32 Å². The van der Waals surface area contributed by atoms with Gasteiger partial charge in [0.15, 0.2) is 0 Å². The van der Waals surface area contributed by atoms with Gasteiger partial charge in [-0.1, -0.05) is 24.3 Å². The van der Waals surface area contributed by atoms with Crippen molar-refractivity contribution in [1.29, 1.82) is 0 Å². The predicted molar refractivity (Wildman–Crippen MR) is 75.0 cm³/mol. The lowest BCUT2D eigenvalue weighted by Crippen LogP contribution is -2.12. The van der Waals surface area contributed by atoms with Crippen molar-refractivity contribution >= 4 is 11.6 Å². The second kappa shape index (κ2) is 5.36. The van der Waals surface area contributed by atoms with Crippen molar-refractivity contribution in [1.82, 2.24) is 15.0 Å². The van der Waals surface area contributed by atoms with E-state index in [4.69, 9.17) is 0 Å². The van der Waals surface area contributed by atoms with E-state index in [0.29, 0.717) is 17.2 Å². The summed E-state index contributed by atoms with van der Waals surface area (Å²) in [6.07, 6.45) is 4.82. The number of H-pyrrole nitrogens is 1. The van der Waals surface area contributed by atoms with Crippen LogP contribution in [0.25, 0.3) is 11.4 Å². The first-order valence-electron chi connectivity index (χ1n) is 6.06. The van der Waals surface area contributed by atoms with Crippen molar-refractivity contribution in [3.63, 3.8) is 0 Å². The summed E-state index contributed by atoms with van der Waals surface area (Å²) in [5, 5.41) is 2.76. The maximum atomic E-state index is 12.0. The summed E-state index contributed by atoms with van der Waals surface area (Å²) in [6, 6.07) is 13.7. The molecule has 0 fully saturated rings. The lowest BCUT2D eigenvalue weighted by Gasteiger charge is -2.01. The number of aromatic amines is 1. The van der Waals surface area contributed by atoms with Crippen molar-refractivity contribution < 1.29 is 4.79 Å². The molecular weight excluding hydrogens is 252 g/mol. The fraction of sp³-hybridized carbons (Fsp3) is 0. The molecule has 0 aliphatic heterocycles. The normalized spacial score (nSPS) is 10.2. The zero-order chi connectivity index (χ0) is 13.8. The quantitative estimate of drug-likeness (QED) is 0.762. The van der Waals surface area contributed by atoms with Gasteiger partial charge in [-0.05, 0) is 18.2 Å². The average molecular weight is 263 g/mol. The molecule has 20 heavy (non-hydrogen) atoms. The van der Waals surface area contributed by atoms with Crippen LogP contribution in [-0.4, -0.2) is 20.9 Å². The number of pyridine rings is 1. The zero-order valence-corrected chi connectivity index (χ0v) is 10.5. The Morgan fingerprint density at radius 3 is 2.65 bits per heavy atom. The highest BCUT2D eigenvalue weighted by Gasteiger charge is 2.11. The van der Waals surface area contributed by atoms with E-state index >= 15 is 0 Å². The molecular formula is C15H11N4O. The lowest BCUT2D eigenvalue weighted by molar-refractivity contribution is 0.102. The van der Waals surface area contributed by atoms with Crippen LogP contribution in [0.1, 0.15) is 10.5 Å². The van der Waals surface area contributed by atoms with Crippen molar-refractivity contribution in [3.8, 4) is 11.4 Å². The van der Waals surface area contributed by atoms with Gasteiger partial charge >= 0.3 is 0 Å². The SMILES string of the molecule is O=C(Nc1ccncc1)c1c[nH]c(-c2cc[c]cc2)n1. The number of anilines is 1. The Morgan fingerprint density at radius 1 is 1.15 bits per heavy atom. The molecule has 3 rings (SSSR count). The summed E-state index contributed by atoms with van der Waals surface area (Å²) in [6.45, 7) is 0. The van der Waals surface area contributed by atoms with Gasteiger partial charge in [-0.15, -0.1) is 0 Å². The van der Waals surface area contributed by atoms with E-state index in [1.165, 1.54) is 0 Å². The van der Waals surface area contributed by atoms with Crippen molar-refractivity contribution in [2.45, 2.75) is 0 Å². The fourth-order valence-corrected chi connectivity index (χ4v) is 1.76. The van der Waals surface area contributed by atoms with E-state index in [1.807, 2.05) is 12.1 Å². The van der Waals surface area contributed by atoms with E-state index in [0.717, 1.165) is 5.56 Å². The maximum absolute atomic E-state index is 12.0. The van der Waals surface area contributed by atoms with Crippen molar-refractivity contribution in [2.24, 2.45) is 0 Å². The van der Waals surface area contributed by atoms with Crippen LogP contribution in [0.3, 0.4) is 0 Å². The number of rotatable bonds is 3. The van der Waals surface area contributed by atoms with Crippen molar-refractivity contribution in [3.05, 3.63) is 66.7 Å². The highest BCUT2D eigenvalue weighted by atomic mass is 16.1. The van der Waals surface area contributed by atoms with Crippen LogP contribution in [0.15, 0.2) is 55.0 Å². The molecule has 1 radical (unpaired) electrons. The number of imidazole rings is 1. The molecule has 2 heterocycles. The van der Waals surface area contributed by atoms with Gasteiger partial charge in [0.1, 0.15) is 11.5 Å². The molecule has 0 unspecified atom stereocenters. The Balaban J connectivity index is 1.79. The first-order valence-corrected chi connectivity index (χ1v) is 6.06. The smallest absolute Gasteiger partial charge is 0.275 e. The number of aromatic nitrogens is 3. The molecule has 0 aliphatic rings. The van der Waals surface area contributed by atoms with Gasteiger partial charge in [-0.3, -0.25) is 9.78 Å². The largest absolute Gasteiger partial charge is 0.344 e. The van der Waals surface area contributed by atoms with Gasteiger partial charge in [-0.25, -0.2) is 4.98 Å². The fourth-order valence-electron chi connectivity index (χ4n) is 1.76. The summed E-state index contributed by atoms with van der Waals surface area (Å²) >= 11 is 0. The average Bonchev–Trinajstić information content (AvgIpc) is 2.99. The van der Waals surface area contributed by atoms with E-state index < -0.39 is 0 Å². The van der Waals surface area contributed by atoms with E-state index in [9.17, 15) is 4.79 Å². The monoisotopic (exact) mass is 263 g/mol. The summed E-state index contributed by atoms with van der Waals surface area (Å²) in [7, 11) is 0. The van der Waals surface area contributed by atoms with Gasteiger partial charge in [-0.2, -0.15) is 0 Å². The van der Waals surface area contributed by atoms with Gasteiger partial charge in [0.05, 0.1) is 0 Å². The van der Waals surface area contributed by atoms with Gasteiger partial charge < -0.3 is 10.3 Å². The minimum atomic E-state index is -0.263. The Kier molecular flexibility index (Phi) is 3.24. The molecule has 5 nitrogen and oxygen atoms in total. The van der Waals surface area contributed by atoms with Gasteiger partial charge in [0.2, 0.25) is 0 Å². The minimum Gasteiger partial charge on any atom is -0.344 e. The summed E-state index contributed by atoms with van der Waals surface area (Å²) < 4.78 is 0. The molecule has 97 valence electrons. The molecule has 2 N–H and O–H groups in total. The highest BCUT2D eigenvalue weighted by Crippen LogP contribution is 2.15. The second-order valence-electron chi connectivity index (χ2n) is 4.11. The van der Waals surface area contributed by atoms with Crippen LogP contribution >= 0.6 is 0 Å². The molecule has 1 aromatic carbocycles. The van der Waals surface area contributed by atoms with Gasteiger partial charge in [0.25, 0.3) is 5.91 Å². The second-order valence-corrected chi connectivity index (χ2v) is 4.11. The molecule has 5 heteroatoms. The number of carbonyl (C=O) groups excluding carboxylic acids is 1. The molecule has 3 aromatic rings. The third-order valence-electron chi connectivity index (χ3n) is 2.74. The number of hydrogen-bond acceptors (Lipinski definition) is 3. The number of benzene rings is 1. The standard InChI is InChI=1S/C15H11N4O/c20-15(18-12-6-8-16-9-7-12)13-10-17-14(19-13)11-4-2-1-3-5-11/h2-10H,(H,17,19)(H,16,18,20). The Bertz CT molecular complexity index is 707. The van der Waals surface area contributed by atoms with Crippen LogP contribution in [0.4, 0.5) is 5.69 Å². The molecule has 0 aliphatic carbocycles. The van der Waals surface area contributed by atoms with Crippen LogP contribution in [0.5, 0.6) is 0 Å². The number of nitrogens with zero attached hydrogens (tertiary/aromatic N) is 2. The van der Waals surface area contributed by atoms with Crippen LogP contribution < -0.4 is 5.32 Å². The first-order chi connectivity index (χ1) is 9.83. The molecule has 0 atom stereocenters. The molecule has 1 amide bonds. The number of amides is 1. The maximum Gasteiger partial charge on any atom is 0.275 e. The predicted octanol–water partition coefficient (Wildman–Crippen LogP) is 2.52. The first kappa shape index (κ1) is 12.1. The van der Waals surface area contributed by atoms with Crippen LogP contribution in [-0.2, 0) is 0 Å².